The van der Waals surface area contributed by atoms with E-state index in [-0.39, 0.29) is 0 Å². The minimum atomic E-state index is 0.343. The number of aromatic nitrogens is 3. The Morgan fingerprint density at radius 1 is 1.16 bits per heavy atom. The van der Waals surface area contributed by atoms with Crippen molar-refractivity contribution in [3.05, 3.63) is 47.9 Å². The highest BCUT2D eigenvalue weighted by Crippen LogP contribution is 2.31. The van der Waals surface area contributed by atoms with E-state index in [1.807, 2.05) is 12.1 Å². The van der Waals surface area contributed by atoms with Gasteiger partial charge in [-0.3, -0.25) is 9.97 Å². The van der Waals surface area contributed by atoms with Gasteiger partial charge in [-0.15, -0.1) is 0 Å². The highest BCUT2D eigenvalue weighted by atomic mass is 35.5. The molecule has 0 unspecified atom stereocenters. The Balaban J connectivity index is 2.32. The van der Waals surface area contributed by atoms with Crippen molar-refractivity contribution in [1.82, 2.24) is 14.5 Å². The zero-order valence-corrected chi connectivity index (χ0v) is 11.6. The summed E-state index contributed by atoms with van der Waals surface area (Å²) in [5.74, 6) is 0. The van der Waals surface area contributed by atoms with Gasteiger partial charge in [0, 0.05) is 34.4 Å². The third kappa shape index (κ3) is 2.10. The zero-order chi connectivity index (χ0) is 13.4. The summed E-state index contributed by atoms with van der Waals surface area (Å²) in [6.45, 7) is 4.32. The molecular formula is C15H14ClN3. The molecule has 0 bridgehead atoms. The first kappa shape index (κ1) is 12.2. The van der Waals surface area contributed by atoms with Crippen molar-refractivity contribution in [2.75, 3.05) is 0 Å². The van der Waals surface area contributed by atoms with Crippen molar-refractivity contribution in [2.45, 2.75) is 19.9 Å². The van der Waals surface area contributed by atoms with Crippen LogP contribution in [0.5, 0.6) is 0 Å². The van der Waals surface area contributed by atoms with Crippen LogP contribution in [-0.2, 0) is 0 Å². The number of hydrogen-bond acceptors (Lipinski definition) is 2. The Morgan fingerprint density at radius 3 is 2.68 bits per heavy atom. The highest BCUT2D eigenvalue weighted by Gasteiger charge is 2.14. The van der Waals surface area contributed by atoms with Crippen LogP contribution in [-0.4, -0.2) is 14.5 Å². The summed E-state index contributed by atoms with van der Waals surface area (Å²) in [7, 11) is 0. The van der Waals surface area contributed by atoms with E-state index in [4.69, 9.17) is 11.6 Å². The number of hydrogen-bond donors (Lipinski definition) is 0. The summed E-state index contributed by atoms with van der Waals surface area (Å²) >= 11 is 6.07. The van der Waals surface area contributed by atoms with Gasteiger partial charge in [-0.05, 0) is 38.1 Å². The van der Waals surface area contributed by atoms with Crippen LogP contribution >= 0.6 is 11.6 Å². The molecule has 2 aromatic heterocycles. The van der Waals surface area contributed by atoms with Gasteiger partial charge in [-0.2, -0.15) is 0 Å². The largest absolute Gasteiger partial charge is 0.337 e. The molecule has 0 aliphatic carbocycles. The molecule has 0 aliphatic heterocycles. The average molecular weight is 272 g/mol. The zero-order valence-electron chi connectivity index (χ0n) is 10.8. The summed E-state index contributed by atoms with van der Waals surface area (Å²) in [5.41, 5.74) is 3.11. The predicted octanol–water partition coefficient (Wildman–Crippen LogP) is 4.33. The van der Waals surface area contributed by atoms with E-state index in [0.29, 0.717) is 6.04 Å². The van der Waals surface area contributed by atoms with E-state index in [1.54, 1.807) is 18.6 Å². The molecule has 3 rings (SSSR count). The van der Waals surface area contributed by atoms with Crippen LogP contribution in [0.2, 0.25) is 5.02 Å². The summed E-state index contributed by atoms with van der Waals surface area (Å²) in [6.07, 6.45) is 5.18. The van der Waals surface area contributed by atoms with E-state index in [2.05, 4.69) is 40.5 Å². The lowest BCUT2D eigenvalue weighted by Crippen LogP contribution is -2.03. The van der Waals surface area contributed by atoms with Crippen molar-refractivity contribution >= 4 is 22.5 Å². The maximum absolute atomic E-state index is 6.07. The Labute approximate surface area is 116 Å². The first-order chi connectivity index (χ1) is 9.16. The quantitative estimate of drug-likeness (QED) is 0.694. The lowest BCUT2D eigenvalue weighted by atomic mass is 10.2. The van der Waals surface area contributed by atoms with Gasteiger partial charge in [0.25, 0.3) is 0 Å². The Morgan fingerprint density at radius 2 is 2.00 bits per heavy atom. The minimum Gasteiger partial charge on any atom is -0.337 e. The molecule has 2 heterocycles. The van der Waals surface area contributed by atoms with Gasteiger partial charge in [0.15, 0.2) is 0 Å². The molecule has 0 saturated heterocycles. The monoisotopic (exact) mass is 271 g/mol. The van der Waals surface area contributed by atoms with Crippen molar-refractivity contribution in [1.29, 1.82) is 0 Å². The van der Waals surface area contributed by atoms with E-state index in [1.165, 1.54) is 5.52 Å². The van der Waals surface area contributed by atoms with E-state index in [9.17, 15) is 0 Å². The molecule has 0 spiro atoms. The lowest BCUT2D eigenvalue weighted by molar-refractivity contribution is 0.627. The van der Waals surface area contributed by atoms with Gasteiger partial charge in [0.05, 0.1) is 11.9 Å². The van der Waals surface area contributed by atoms with Gasteiger partial charge in [0.1, 0.15) is 5.69 Å². The van der Waals surface area contributed by atoms with Crippen LogP contribution in [0.15, 0.2) is 42.9 Å². The summed E-state index contributed by atoms with van der Waals surface area (Å²) in [6, 6.07) is 8.41. The molecule has 0 radical (unpaired) electrons. The van der Waals surface area contributed by atoms with Crippen LogP contribution < -0.4 is 0 Å². The van der Waals surface area contributed by atoms with E-state index < -0.39 is 0 Å². The highest BCUT2D eigenvalue weighted by molar-refractivity contribution is 6.31. The van der Waals surface area contributed by atoms with Crippen LogP contribution in [0.25, 0.3) is 22.3 Å². The molecule has 4 heteroatoms. The van der Waals surface area contributed by atoms with Crippen LogP contribution in [0.1, 0.15) is 19.9 Å². The summed E-state index contributed by atoms with van der Waals surface area (Å²) < 4.78 is 2.26. The molecule has 19 heavy (non-hydrogen) atoms. The fourth-order valence-electron chi connectivity index (χ4n) is 2.39. The summed E-state index contributed by atoms with van der Waals surface area (Å²) in [4.78, 5) is 8.54. The smallest absolute Gasteiger partial charge is 0.105 e. The predicted molar refractivity (Wildman–Crippen MR) is 78.4 cm³/mol. The molecule has 0 amide bonds. The Kier molecular flexibility index (Phi) is 2.99. The number of rotatable bonds is 2. The third-order valence-electron chi connectivity index (χ3n) is 3.14. The molecule has 96 valence electrons. The van der Waals surface area contributed by atoms with Crippen LogP contribution in [0, 0.1) is 0 Å². The maximum Gasteiger partial charge on any atom is 0.105 e. The number of fused-ring (bicyclic) bond motifs is 1. The molecule has 3 aromatic rings. The fraction of sp³-hybridized carbons (Fsp3) is 0.200. The lowest BCUT2D eigenvalue weighted by Gasteiger charge is -2.14. The first-order valence-corrected chi connectivity index (χ1v) is 6.61. The SMILES string of the molecule is CC(C)n1c(-c2cnccn2)cc2cc(Cl)ccc21. The maximum atomic E-state index is 6.07. The second-order valence-corrected chi connectivity index (χ2v) is 5.22. The van der Waals surface area contributed by atoms with Gasteiger partial charge >= 0.3 is 0 Å². The molecule has 1 aromatic carbocycles. The molecular weight excluding hydrogens is 258 g/mol. The van der Waals surface area contributed by atoms with Gasteiger partial charge in [0.2, 0.25) is 0 Å². The number of halogens is 1. The molecule has 3 nitrogen and oxygen atoms in total. The molecule has 0 N–H and O–H groups in total. The molecule has 0 saturated carbocycles. The number of benzene rings is 1. The Bertz CT molecular complexity index is 717. The molecule has 0 fully saturated rings. The van der Waals surface area contributed by atoms with Gasteiger partial charge in [-0.25, -0.2) is 0 Å². The van der Waals surface area contributed by atoms with E-state index >= 15 is 0 Å². The third-order valence-corrected chi connectivity index (χ3v) is 3.38. The minimum absolute atomic E-state index is 0.343. The van der Waals surface area contributed by atoms with Crippen molar-refractivity contribution in [3.63, 3.8) is 0 Å². The fourth-order valence-corrected chi connectivity index (χ4v) is 2.57. The standard InChI is InChI=1S/C15H14ClN3/c1-10(2)19-14-4-3-12(16)7-11(14)8-15(19)13-9-17-5-6-18-13/h3-10H,1-2H3. The van der Waals surface area contributed by atoms with Crippen LogP contribution in [0.3, 0.4) is 0 Å². The Hall–Kier alpha value is -1.87. The van der Waals surface area contributed by atoms with Crippen molar-refractivity contribution < 1.29 is 0 Å². The van der Waals surface area contributed by atoms with Gasteiger partial charge in [-0.1, -0.05) is 11.6 Å². The van der Waals surface area contributed by atoms with E-state index in [0.717, 1.165) is 21.8 Å². The average Bonchev–Trinajstić information content (AvgIpc) is 2.78. The molecule has 0 atom stereocenters. The summed E-state index contributed by atoms with van der Waals surface area (Å²) in [5, 5.41) is 1.88. The normalized spacial score (nSPS) is 11.4. The second-order valence-electron chi connectivity index (χ2n) is 4.79. The van der Waals surface area contributed by atoms with Crippen LogP contribution in [0.4, 0.5) is 0 Å². The van der Waals surface area contributed by atoms with Crippen molar-refractivity contribution in [3.8, 4) is 11.4 Å². The first-order valence-electron chi connectivity index (χ1n) is 6.23. The topological polar surface area (TPSA) is 30.7 Å². The second kappa shape index (κ2) is 4.67. The number of nitrogens with zero attached hydrogens (tertiary/aromatic N) is 3. The molecule has 0 aliphatic rings. The van der Waals surface area contributed by atoms with Crippen molar-refractivity contribution in [2.24, 2.45) is 0 Å². The van der Waals surface area contributed by atoms with Gasteiger partial charge < -0.3 is 4.57 Å².